The van der Waals surface area contributed by atoms with Crippen LogP contribution in [0.25, 0.3) is 0 Å². The summed E-state index contributed by atoms with van der Waals surface area (Å²) in [6.45, 7) is 9.02. The standard InChI is InChI=1S/C19H27F3N2O2/c1-13-9-14(11-15(10-13)19(20,21)22)12-24-7-5-16(6-8-24)23-17(25)26-18(2,3)4/h9-11,16H,5-8,12H2,1-4H3,(H,23,25). The highest BCUT2D eigenvalue weighted by molar-refractivity contribution is 5.68. The molecule has 1 aromatic carbocycles. The lowest BCUT2D eigenvalue weighted by Crippen LogP contribution is -2.45. The van der Waals surface area contributed by atoms with Gasteiger partial charge in [-0.15, -0.1) is 0 Å². The van der Waals surface area contributed by atoms with Crippen LogP contribution < -0.4 is 5.32 Å². The third kappa shape index (κ3) is 6.52. The van der Waals surface area contributed by atoms with Crippen molar-refractivity contribution in [1.82, 2.24) is 10.2 Å². The van der Waals surface area contributed by atoms with Crippen LogP contribution in [0.4, 0.5) is 18.0 Å². The molecule has 1 saturated heterocycles. The Morgan fingerprint density at radius 3 is 2.35 bits per heavy atom. The maximum atomic E-state index is 13.0. The van der Waals surface area contributed by atoms with Crippen LogP contribution in [0, 0.1) is 6.92 Å². The Morgan fingerprint density at radius 2 is 1.81 bits per heavy atom. The van der Waals surface area contributed by atoms with E-state index in [-0.39, 0.29) is 6.04 Å². The Morgan fingerprint density at radius 1 is 1.19 bits per heavy atom. The molecular formula is C19H27F3N2O2. The molecule has 1 heterocycles. The van der Waals surface area contributed by atoms with Crippen molar-refractivity contribution in [3.63, 3.8) is 0 Å². The fraction of sp³-hybridized carbons (Fsp3) is 0.632. The molecule has 1 N–H and O–H groups in total. The van der Waals surface area contributed by atoms with Crippen molar-refractivity contribution in [3.05, 3.63) is 34.9 Å². The van der Waals surface area contributed by atoms with E-state index in [9.17, 15) is 18.0 Å². The van der Waals surface area contributed by atoms with Gasteiger partial charge in [0, 0.05) is 25.7 Å². The molecule has 0 aromatic heterocycles. The first-order chi connectivity index (χ1) is 11.9. The zero-order valence-electron chi connectivity index (χ0n) is 15.7. The number of aryl methyl sites for hydroxylation is 1. The molecule has 0 unspecified atom stereocenters. The van der Waals surface area contributed by atoms with Gasteiger partial charge < -0.3 is 10.1 Å². The van der Waals surface area contributed by atoms with Gasteiger partial charge in [0.25, 0.3) is 0 Å². The van der Waals surface area contributed by atoms with Gasteiger partial charge in [-0.25, -0.2) is 4.79 Å². The van der Waals surface area contributed by atoms with Crippen molar-refractivity contribution in [2.75, 3.05) is 13.1 Å². The van der Waals surface area contributed by atoms with Gasteiger partial charge in [0.15, 0.2) is 0 Å². The summed E-state index contributed by atoms with van der Waals surface area (Å²) in [5.41, 5.74) is 0.132. The number of carbonyl (C=O) groups is 1. The largest absolute Gasteiger partial charge is 0.444 e. The predicted octanol–water partition coefficient (Wildman–Crippen LogP) is 4.50. The van der Waals surface area contributed by atoms with E-state index in [1.165, 1.54) is 12.1 Å². The number of hydrogen-bond acceptors (Lipinski definition) is 3. The van der Waals surface area contributed by atoms with Gasteiger partial charge >= 0.3 is 12.3 Å². The molecule has 1 aliphatic rings. The Kier molecular flexibility index (Phi) is 6.21. The van der Waals surface area contributed by atoms with Crippen molar-refractivity contribution in [2.24, 2.45) is 0 Å². The molecule has 0 bridgehead atoms. The van der Waals surface area contributed by atoms with Crippen LogP contribution >= 0.6 is 0 Å². The second kappa shape index (κ2) is 7.86. The number of benzene rings is 1. The monoisotopic (exact) mass is 372 g/mol. The fourth-order valence-corrected chi connectivity index (χ4v) is 3.09. The summed E-state index contributed by atoms with van der Waals surface area (Å²) < 4.78 is 44.1. The van der Waals surface area contributed by atoms with Gasteiger partial charge in [-0.05, 0) is 58.2 Å². The molecule has 146 valence electrons. The average molecular weight is 372 g/mol. The van der Waals surface area contributed by atoms with Crippen molar-refractivity contribution in [3.8, 4) is 0 Å². The Hall–Kier alpha value is -1.76. The number of nitrogens with zero attached hydrogens (tertiary/aromatic N) is 1. The van der Waals surface area contributed by atoms with Crippen LogP contribution in [-0.4, -0.2) is 35.7 Å². The van der Waals surface area contributed by atoms with Crippen molar-refractivity contribution in [1.29, 1.82) is 0 Å². The van der Waals surface area contributed by atoms with Crippen LogP contribution in [0.1, 0.15) is 50.3 Å². The maximum absolute atomic E-state index is 13.0. The number of alkyl carbamates (subject to hydrolysis) is 1. The first-order valence-corrected chi connectivity index (χ1v) is 8.82. The van der Waals surface area contributed by atoms with E-state index in [4.69, 9.17) is 4.74 Å². The zero-order valence-corrected chi connectivity index (χ0v) is 15.7. The first-order valence-electron chi connectivity index (χ1n) is 8.82. The van der Waals surface area contributed by atoms with Gasteiger partial charge in [0.05, 0.1) is 5.56 Å². The van der Waals surface area contributed by atoms with E-state index in [2.05, 4.69) is 10.2 Å². The number of piperidine rings is 1. The number of carbonyl (C=O) groups excluding carboxylic acids is 1. The minimum absolute atomic E-state index is 0.0318. The van der Waals surface area contributed by atoms with E-state index >= 15 is 0 Å². The molecule has 26 heavy (non-hydrogen) atoms. The predicted molar refractivity (Wildman–Crippen MR) is 93.8 cm³/mol. The van der Waals surface area contributed by atoms with Gasteiger partial charge in [-0.3, -0.25) is 4.90 Å². The minimum Gasteiger partial charge on any atom is -0.444 e. The number of nitrogens with one attached hydrogen (secondary N) is 1. The molecule has 0 radical (unpaired) electrons. The molecule has 7 heteroatoms. The van der Waals surface area contributed by atoms with Crippen LogP contribution in [-0.2, 0) is 17.5 Å². The molecule has 1 amide bonds. The maximum Gasteiger partial charge on any atom is 0.416 e. The molecular weight excluding hydrogens is 345 g/mol. The molecule has 0 saturated carbocycles. The topological polar surface area (TPSA) is 41.6 Å². The highest BCUT2D eigenvalue weighted by atomic mass is 19.4. The number of rotatable bonds is 3. The third-order valence-electron chi connectivity index (χ3n) is 4.18. The average Bonchev–Trinajstić information content (AvgIpc) is 2.46. The summed E-state index contributed by atoms with van der Waals surface area (Å²) >= 11 is 0. The van der Waals surface area contributed by atoms with Gasteiger partial charge in [0.1, 0.15) is 5.60 Å². The van der Waals surface area contributed by atoms with Crippen LogP contribution in [0.5, 0.6) is 0 Å². The second-order valence-corrected chi connectivity index (χ2v) is 7.90. The van der Waals surface area contributed by atoms with Crippen LogP contribution in [0.2, 0.25) is 0 Å². The summed E-state index contributed by atoms with van der Waals surface area (Å²) in [6.07, 6.45) is -3.26. The molecule has 4 nitrogen and oxygen atoms in total. The van der Waals surface area contributed by atoms with E-state index < -0.39 is 23.4 Å². The molecule has 1 fully saturated rings. The van der Waals surface area contributed by atoms with Crippen LogP contribution in [0.3, 0.4) is 0 Å². The van der Waals surface area contributed by atoms with E-state index in [0.717, 1.165) is 25.9 Å². The summed E-state index contributed by atoms with van der Waals surface area (Å²) in [5, 5.41) is 2.86. The van der Waals surface area contributed by atoms with E-state index in [1.807, 2.05) is 20.8 Å². The Balaban J connectivity index is 1.87. The molecule has 1 aliphatic heterocycles. The number of ether oxygens (including phenoxy) is 1. The van der Waals surface area contributed by atoms with Crippen molar-refractivity contribution in [2.45, 2.75) is 64.9 Å². The van der Waals surface area contributed by atoms with Gasteiger partial charge in [-0.2, -0.15) is 13.2 Å². The van der Waals surface area contributed by atoms with E-state index in [0.29, 0.717) is 17.7 Å². The summed E-state index contributed by atoms with van der Waals surface area (Å²) in [6, 6.07) is 4.21. The number of halogens is 3. The first kappa shape index (κ1) is 20.6. The number of amides is 1. The Labute approximate surface area is 152 Å². The molecule has 0 spiro atoms. The number of alkyl halides is 3. The molecule has 0 atom stereocenters. The fourth-order valence-electron chi connectivity index (χ4n) is 3.09. The molecule has 0 aliphatic carbocycles. The minimum atomic E-state index is -4.33. The SMILES string of the molecule is Cc1cc(CN2CCC(NC(=O)OC(C)(C)C)CC2)cc(C(F)(F)F)c1. The molecule has 2 rings (SSSR count). The lowest BCUT2D eigenvalue weighted by atomic mass is 10.0. The molecule has 1 aromatic rings. The van der Waals surface area contributed by atoms with Crippen LogP contribution in [0.15, 0.2) is 18.2 Å². The highest BCUT2D eigenvalue weighted by Gasteiger charge is 2.31. The summed E-state index contributed by atoms with van der Waals surface area (Å²) in [5.74, 6) is 0. The van der Waals surface area contributed by atoms with Crippen molar-refractivity contribution >= 4 is 6.09 Å². The number of hydrogen-bond donors (Lipinski definition) is 1. The van der Waals surface area contributed by atoms with Crippen molar-refractivity contribution < 1.29 is 22.7 Å². The Bertz CT molecular complexity index is 631. The lowest BCUT2D eigenvalue weighted by Gasteiger charge is -2.33. The zero-order chi connectivity index (χ0) is 19.5. The van der Waals surface area contributed by atoms with E-state index in [1.54, 1.807) is 13.0 Å². The second-order valence-electron chi connectivity index (χ2n) is 7.90. The third-order valence-corrected chi connectivity index (χ3v) is 4.18. The van der Waals surface area contributed by atoms with Gasteiger partial charge in [-0.1, -0.05) is 11.6 Å². The quantitative estimate of drug-likeness (QED) is 0.849. The van der Waals surface area contributed by atoms with Gasteiger partial charge in [0.2, 0.25) is 0 Å². The summed E-state index contributed by atoms with van der Waals surface area (Å²) in [4.78, 5) is 13.9. The normalized spacial score (nSPS) is 17.2. The lowest BCUT2D eigenvalue weighted by molar-refractivity contribution is -0.137. The number of likely N-dealkylation sites (tertiary alicyclic amines) is 1. The highest BCUT2D eigenvalue weighted by Crippen LogP contribution is 2.31. The summed E-state index contributed by atoms with van der Waals surface area (Å²) in [7, 11) is 0. The smallest absolute Gasteiger partial charge is 0.416 e.